The highest BCUT2D eigenvalue weighted by atomic mass is 32.2. The number of imidazole rings is 1. The quantitative estimate of drug-likeness (QED) is 0.851. The molecule has 0 bridgehead atoms. The highest BCUT2D eigenvalue weighted by Gasteiger charge is 2.34. The van der Waals surface area contributed by atoms with E-state index in [2.05, 4.69) is 4.98 Å². The van der Waals surface area contributed by atoms with Crippen molar-refractivity contribution in [1.82, 2.24) is 9.55 Å². The van der Waals surface area contributed by atoms with Crippen molar-refractivity contribution in [3.63, 3.8) is 0 Å². The van der Waals surface area contributed by atoms with Gasteiger partial charge in [0.1, 0.15) is 23.0 Å². The molecule has 0 spiro atoms. The van der Waals surface area contributed by atoms with Gasteiger partial charge in [-0.05, 0) is 26.0 Å². The van der Waals surface area contributed by atoms with Gasteiger partial charge in [0.2, 0.25) is 11.6 Å². The first-order valence-electron chi connectivity index (χ1n) is 7.34. The van der Waals surface area contributed by atoms with Crippen molar-refractivity contribution in [2.75, 3.05) is 0 Å². The molecule has 7 heteroatoms. The largest absolute Gasteiger partial charge is 0.327 e. The van der Waals surface area contributed by atoms with Gasteiger partial charge in [-0.15, -0.1) is 0 Å². The van der Waals surface area contributed by atoms with E-state index in [-0.39, 0.29) is 39.4 Å². The number of benzene rings is 1. The molecule has 0 radical (unpaired) electrons. The van der Waals surface area contributed by atoms with Gasteiger partial charge in [-0.25, -0.2) is 13.4 Å². The number of hydrogen-bond donors (Lipinski definition) is 0. The Labute approximate surface area is 139 Å². The fourth-order valence-electron chi connectivity index (χ4n) is 2.67. The van der Waals surface area contributed by atoms with Gasteiger partial charge in [-0.3, -0.25) is 9.59 Å². The maximum atomic E-state index is 12.5. The van der Waals surface area contributed by atoms with Crippen LogP contribution in [0.1, 0.15) is 40.6 Å². The summed E-state index contributed by atoms with van der Waals surface area (Å²) in [6.07, 6.45) is 0. The van der Waals surface area contributed by atoms with E-state index in [9.17, 15) is 18.0 Å². The topological polar surface area (TPSA) is 86.1 Å². The number of nitrogens with zero attached hydrogens (tertiary/aromatic N) is 2. The molecule has 1 heterocycles. The lowest BCUT2D eigenvalue weighted by molar-refractivity contribution is 0.0967. The number of aromatic nitrogens is 2. The van der Waals surface area contributed by atoms with Crippen molar-refractivity contribution in [3.8, 4) is 0 Å². The van der Waals surface area contributed by atoms with E-state index in [1.165, 1.54) is 16.7 Å². The summed E-state index contributed by atoms with van der Waals surface area (Å²) in [5.41, 5.74) is 0.904. The fourth-order valence-corrected chi connectivity index (χ4v) is 4.01. The molecule has 0 amide bonds. The number of carbonyl (C=O) groups is 2. The van der Waals surface area contributed by atoms with Crippen LogP contribution in [0.25, 0.3) is 0 Å². The molecular formula is C17H16N2O4S. The van der Waals surface area contributed by atoms with Gasteiger partial charge in [-0.2, -0.15) is 0 Å². The number of allylic oxidation sites excluding steroid dienone is 2. The Bertz CT molecular complexity index is 999. The molecule has 0 saturated heterocycles. The van der Waals surface area contributed by atoms with Crippen LogP contribution >= 0.6 is 0 Å². The van der Waals surface area contributed by atoms with Crippen molar-refractivity contribution in [2.45, 2.75) is 24.5 Å². The summed E-state index contributed by atoms with van der Waals surface area (Å²) in [7, 11) is -2.06. The molecule has 1 aliphatic rings. The van der Waals surface area contributed by atoms with Crippen LogP contribution in [0.3, 0.4) is 0 Å². The molecule has 0 fully saturated rings. The SMILES string of the molecule is CC1=C(C)C(=O)c2c(nc(CS(=O)(=O)c3ccccc3)n2C)C1=O. The van der Waals surface area contributed by atoms with Crippen LogP contribution in [0.15, 0.2) is 46.4 Å². The van der Waals surface area contributed by atoms with Crippen molar-refractivity contribution in [1.29, 1.82) is 0 Å². The summed E-state index contributed by atoms with van der Waals surface area (Å²) in [5.74, 6) is -0.825. The number of carbonyl (C=O) groups excluding carboxylic acids is 2. The summed E-state index contributed by atoms with van der Waals surface area (Å²) in [5, 5.41) is 0. The number of hydrogen-bond acceptors (Lipinski definition) is 5. The molecule has 3 rings (SSSR count). The first-order chi connectivity index (χ1) is 11.2. The van der Waals surface area contributed by atoms with E-state index in [1.807, 2.05) is 0 Å². The molecule has 0 N–H and O–H groups in total. The van der Waals surface area contributed by atoms with Crippen molar-refractivity contribution in [2.24, 2.45) is 7.05 Å². The van der Waals surface area contributed by atoms with Gasteiger partial charge in [0.05, 0.1) is 4.90 Å². The third-order valence-electron chi connectivity index (χ3n) is 4.28. The monoisotopic (exact) mass is 344 g/mol. The smallest absolute Gasteiger partial charge is 0.209 e. The lowest BCUT2D eigenvalue weighted by atomic mass is 9.92. The van der Waals surface area contributed by atoms with Crippen molar-refractivity contribution < 1.29 is 18.0 Å². The van der Waals surface area contributed by atoms with Crippen LogP contribution in [0.5, 0.6) is 0 Å². The van der Waals surface area contributed by atoms with Gasteiger partial charge >= 0.3 is 0 Å². The second-order valence-corrected chi connectivity index (χ2v) is 7.75. The molecule has 1 aromatic heterocycles. The zero-order chi connectivity index (χ0) is 17.6. The molecule has 124 valence electrons. The van der Waals surface area contributed by atoms with Gasteiger partial charge in [0.25, 0.3) is 0 Å². The number of Topliss-reactive ketones (excluding diaryl/α,β-unsaturated/α-hetero) is 2. The predicted octanol–water partition coefficient (Wildman–Crippen LogP) is 2.11. The Morgan fingerprint density at radius 2 is 1.58 bits per heavy atom. The Balaban J connectivity index is 2.07. The van der Waals surface area contributed by atoms with E-state index in [0.717, 1.165) is 0 Å². The Kier molecular flexibility index (Phi) is 3.76. The molecule has 0 atom stereocenters. The van der Waals surface area contributed by atoms with E-state index in [0.29, 0.717) is 11.1 Å². The first-order valence-corrected chi connectivity index (χ1v) is 8.99. The molecule has 2 aromatic rings. The van der Waals surface area contributed by atoms with Gasteiger partial charge in [0.15, 0.2) is 9.84 Å². The molecule has 0 unspecified atom stereocenters. The Morgan fingerprint density at radius 1 is 1.00 bits per heavy atom. The lowest BCUT2D eigenvalue weighted by Crippen LogP contribution is -2.21. The number of fused-ring (bicyclic) bond motifs is 1. The molecule has 1 aliphatic carbocycles. The summed E-state index contributed by atoms with van der Waals surface area (Å²) in [4.78, 5) is 29.1. The number of sulfone groups is 1. The molecule has 24 heavy (non-hydrogen) atoms. The van der Waals surface area contributed by atoms with Crippen LogP contribution in [-0.4, -0.2) is 29.5 Å². The number of ketones is 2. The highest BCUT2D eigenvalue weighted by molar-refractivity contribution is 7.90. The van der Waals surface area contributed by atoms with Crippen LogP contribution in [0.4, 0.5) is 0 Å². The second-order valence-electron chi connectivity index (χ2n) is 5.76. The van der Waals surface area contributed by atoms with E-state index >= 15 is 0 Å². The standard InChI is InChI=1S/C17H16N2O4S/c1-10-11(2)17(21)15-14(16(10)20)18-13(19(15)3)9-24(22,23)12-7-5-4-6-8-12/h4-8H,9H2,1-3H3. The zero-order valence-corrected chi connectivity index (χ0v) is 14.3. The summed E-state index contributed by atoms with van der Waals surface area (Å²) < 4.78 is 26.5. The summed E-state index contributed by atoms with van der Waals surface area (Å²) >= 11 is 0. The average molecular weight is 344 g/mol. The minimum Gasteiger partial charge on any atom is -0.327 e. The Morgan fingerprint density at radius 3 is 2.21 bits per heavy atom. The zero-order valence-electron chi connectivity index (χ0n) is 13.5. The van der Waals surface area contributed by atoms with Crippen LogP contribution in [0, 0.1) is 0 Å². The molecule has 0 saturated carbocycles. The van der Waals surface area contributed by atoms with Gasteiger partial charge in [-0.1, -0.05) is 18.2 Å². The van der Waals surface area contributed by atoms with Crippen LogP contribution in [-0.2, 0) is 22.6 Å². The van der Waals surface area contributed by atoms with E-state index in [4.69, 9.17) is 0 Å². The molecule has 1 aromatic carbocycles. The third-order valence-corrected chi connectivity index (χ3v) is 5.91. The van der Waals surface area contributed by atoms with Crippen LogP contribution in [0.2, 0.25) is 0 Å². The maximum Gasteiger partial charge on any atom is 0.209 e. The van der Waals surface area contributed by atoms with Gasteiger partial charge in [0, 0.05) is 18.2 Å². The fraction of sp³-hybridized carbons (Fsp3) is 0.235. The van der Waals surface area contributed by atoms with E-state index in [1.54, 1.807) is 39.1 Å². The minimum absolute atomic E-state index is 0.0314. The first kappa shape index (κ1) is 16.3. The van der Waals surface area contributed by atoms with Crippen molar-refractivity contribution >= 4 is 21.4 Å². The van der Waals surface area contributed by atoms with Gasteiger partial charge < -0.3 is 4.57 Å². The minimum atomic E-state index is -3.62. The predicted molar refractivity (Wildman–Crippen MR) is 87.6 cm³/mol. The Hall–Kier alpha value is -2.54. The van der Waals surface area contributed by atoms with E-state index < -0.39 is 9.84 Å². The third kappa shape index (κ3) is 2.41. The molecular weight excluding hydrogens is 328 g/mol. The molecule has 6 nitrogen and oxygen atoms in total. The van der Waals surface area contributed by atoms with Crippen molar-refractivity contribution in [3.05, 3.63) is 58.7 Å². The second kappa shape index (κ2) is 5.52. The highest BCUT2D eigenvalue weighted by Crippen LogP contribution is 2.27. The average Bonchev–Trinajstić information content (AvgIpc) is 2.88. The maximum absolute atomic E-state index is 12.5. The normalized spacial score (nSPS) is 15.0. The summed E-state index contributed by atoms with van der Waals surface area (Å²) in [6, 6.07) is 8.02. The summed E-state index contributed by atoms with van der Waals surface area (Å²) in [6.45, 7) is 3.17. The lowest BCUT2D eigenvalue weighted by Gasteiger charge is -2.13. The van der Waals surface area contributed by atoms with Crippen LogP contribution < -0.4 is 0 Å². The number of rotatable bonds is 3. The molecule has 0 aliphatic heterocycles.